The highest BCUT2D eigenvalue weighted by atomic mass is 35.5. The molecule has 0 radical (unpaired) electrons. The van der Waals surface area contributed by atoms with Gasteiger partial charge < -0.3 is 5.32 Å². The SMILES string of the molecule is Cc1nc(SCC(=O)Nc2cc(Cl)ccc2Cl)c2c(C)c(C)sc2n1. The van der Waals surface area contributed by atoms with Crippen LogP contribution < -0.4 is 5.32 Å². The number of nitrogens with one attached hydrogen (secondary N) is 1. The predicted octanol–water partition coefficient (Wildman–Crippen LogP) is 5.65. The molecular formula is C17H15Cl2N3OS2. The molecule has 0 aliphatic carbocycles. The van der Waals surface area contributed by atoms with Crippen LogP contribution in [0.25, 0.3) is 10.2 Å². The number of rotatable bonds is 4. The fraction of sp³-hybridized carbons (Fsp3) is 0.235. The molecule has 4 nitrogen and oxygen atoms in total. The van der Waals surface area contributed by atoms with Gasteiger partial charge in [-0.05, 0) is 44.5 Å². The molecule has 0 spiro atoms. The van der Waals surface area contributed by atoms with Crippen LogP contribution >= 0.6 is 46.3 Å². The number of carbonyl (C=O) groups is 1. The molecule has 130 valence electrons. The van der Waals surface area contributed by atoms with Gasteiger partial charge in [-0.1, -0.05) is 35.0 Å². The number of anilines is 1. The summed E-state index contributed by atoms with van der Waals surface area (Å²) in [5, 5.41) is 5.62. The molecule has 1 N–H and O–H groups in total. The zero-order chi connectivity index (χ0) is 18.1. The maximum absolute atomic E-state index is 12.3. The lowest BCUT2D eigenvalue weighted by atomic mass is 10.2. The molecule has 0 saturated carbocycles. The predicted molar refractivity (Wildman–Crippen MR) is 107 cm³/mol. The summed E-state index contributed by atoms with van der Waals surface area (Å²) in [7, 11) is 0. The highest BCUT2D eigenvalue weighted by Crippen LogP contribution is 2.35. The molecule has 1 amide bonds. The number of hydrogen-bond donors (Lipinski definition) is 1. The Balaban J connectivity index is 1.78. The van der Waals surface area contributed by atoms with Crippen molar-refractivity contribution >= 4 is 68.1 Å². The van der Waals surface area contributed by atoms with Crippen LogP contribution in [-0.2, 0) is 4.79 Å². The van der Waals surface area contributed by atoms with Crippen molar-refractivity contribution in [2.75, 3.05) is 11.1 Å². The maximum atomic E-state index is 12.3. The number of aryl methyl sites for hydroxylation is 3. The van der Waals surface area contributed by atoms with Crippen molar-refractivity contribution in [3.63, 3.8) is 0 Å². The lowest BCUT2D eigenvalue weighted by Gasteiger charge is -2.08. The molecule has 0 unspecified atom stereocenters. The molecule has 0 bridgehead atoms. The molecule has 1 aromatic carbocycles. The van der Waals surface area contributed by atoms with Gasteiger partial charge >= 0.3 is 0 Å². The largest absolute Gasteiger partial charge is 0.324 e. The molecular weight excluding hydrogens is 397 g/mol. The Morgan fingerprint density at radius 3 is 2.76 bits per heavy atom. The minimum atomic E-state index is -0.164. The lowest BCUT2D eigenvalue weighted by molar-refractivity contribution is -0.113. The molecule has 0 fully saturated rings. The Labute approximate surface area is 164 Å². The normalized spacial score (nSPS) is 11.1. The monoisotopic (exact) mass is 411 g/mol. The molecule has 0 atom stereocenters. The second kappa shape index (κ2) is 7.50. The topological polar surface area (TPSA) is 54.9 Å². The van der Waals surface area contributed by atoms with Crippen molar-refractivity contribution in [3.8, 4) is 0 Å². The summed E-state index contributed by atoms with van der Waals surface area (Å²) in [6.45, 7) is 5.99. The fourth-order valence-corrected chi connectivity index (χ4v) is 4.74. The molecule has 0 saturated heterocycles. The summed E-state index contributed by atoms with van der Waals surface area (Å²) in [6.07, 6.45) is 0. The number of thiophene rings is 1. The van der Waals surface area contributed by atoms with Crippen LogP contribution in [0.2, 0.25) is 10.0 Å². The summed E-state index contributed by atoms with van der Waals surface area (Å²) >= 11 is 15.1. The van der Waals surface area contributed by atoms with E-state index in [0.717, 1.165) is 15.2 Å². The molecule has 25 heavy (non-hydrogen) atoms. The first-order valence-corrected chi connectivity index (χ1v) is 10.0. The van der Waals surface area contributed by atoms with Gasteiger partial charge in [-0.3, -0.25) is 4.79 Å². The second-order valence-electron chi connectivity index (χ2n) is 5.50. The van der Waals surface area contributed by atoms with Gasteiger partial charge in [0.15, 0.2) is 0 Å². The summed E-state index contributed by atoms with van der Waals surface area (Å²) in [6, 6.07) is 4.96. The highest BCUT2D eigenvalue weighted by molar-refractivity contribution is 8.00. The molecule has 2 heterocycles. The number of amides is 1. The Kier molecular flexibility index (Phi) is 5.53. The van der Waals surface area contributed by atoms with E-state index in [-0.39, 0.29) is 11.7 Å². The molecule has 8 heteroatoms. The summed E-state index contributed by atoms with van der Waals surface area (Å²) in [4.78, 5) is 23.5. The van der Waals surface area contributed by atoms with Crippen LogP contribution in [0.15, 0.2) is 23.2 Å². The van der Waals surface area contributed by atoms with Gasteiger partial charge in [0.2, 0.25) is 5.91 Å². The number of benzene rings is 1. The van der Waals surface area contributed by atoms with Gasteiger partial charge in [-0.2, -0.15) is 0 Å². The summed E-state index contributed by atoms with van der Waals surface area (Å²) in [5.74, 6) is 0.764. The van der Waals surface area contributed by atoms with E-state index in [1.54, 1.807) is 29.5 Å². The van der Waals surface area contributed by atoms with E-state index in [1.165, 1.54) is 22.2 Å². The number of aromatic nitrogens is 2. The first-order valence-electron chi connectivity index (χ1n) is 7.47. The van der Waals surface area contributed by atoms with Crippen LogP contribution in [0.5, 0.6) is 0 Å². The molecule has 2 aromatic heterocycles. The minimum Gasteiger partial charge on any atom is -0.324 e. The van der Waals surface area contributed by atoms with Crippen LogP contribution in [0.1, 0.15) is 16.3 Å². The fourth-order valence-electron chi connectivity index (χ4n) is 2.33. The third-order valence-corrected chi connectivity index (χ3v) is 6.29. The summed E-state index contributed by atoms with van der Waals surface area (Å²) < 4.78 is 0. The average molecular weight is 412 g/mol. The van der Waals surface area contributed by atoms with E-state index in [9.17, 15) is 4.79 Å². The van der Waals surface area contributed by atoms with Crippen molar-refractivity contribution in [1.29, 1.82) is 0 Å². The Morgan fingerprint density at radius 1 is 1.24 bits per heavy atom. The Bertz CT molecular complexity index is 972. The maximum Gasteiger partial charge on any atom is 0.234 e. The average Bonchev–Trinajstić information content (AvgIpc) is 2.83. The van der Waals surface area contributed by atoms with Gasteiger partial charge in [0.1, 0.15) is 15.7 Å². The van der Waals surface area contributed by atoms with E-state index in [0.29, 0.717) is 21.6 Å². The van der Waals surface area contributed by atoms with Crippen molar-refractivity contribution in [2.45, 2.75) is 25.8 Å². The number of nitrogens with zero attached hydrogens (tertiary/aromatic N) is 2. The van der Waals surface area contributed by atoms with E-state index < -0.39 is 0 Å². The van der Waals surface area contributed by atoms with Gasteiger partial charge in [-0.25, -0.2) is 9.97 Å². The van der Waals surface area contributed by atoms with Crippen molar-refractivity contribution in [1.82, 2.24) is 9.97 Å². The molecule has 3 rings (SSSR count). The van der Waals surface area contributed by atoms with Crippen LogP contribution in [0, 0.1) is 20.8 Å². The van der Waals surface area contributed by atoms with E-state index >= 15 is 0 Å². The van der Waals surface area contributed by atoms with E-state index in [4.69, 9.17) is 23.2 Å². The standard InChI is InChI=1S/C17H15Cl2N3OS2/c1-8-9(2)25-17-15(8)16(20-10(3)21-17)24-7-14(23)22-13-6-11(18)4-5-12(13)19/h4-6H,7H2,1-3H3,(H,22,23). The quantitative estimate of drug-likeness (QED) is 0.444. The van der Waals surface area contributed by atoms with Crippen molar-refractivity contribution in [2.24, 2.45) is 0 Å². The van der Waals surface area contributed by atoms with E-state index in [1.807, 2.05) is 6.92 Å². The van der Waals surface area contributed by atoms with Gasteiger partial charge in [-0.15, -0.1) is 11.3 Å². The van der Waals surface area contributed by atoms with Crippen LogP contribution in [-0.4, -0.2) is 21.6 Å². The molecule has 0 aliphatic heterocycles. The van der Waals surface area contributed by atoms with Crippen LogP contribution in [0.4, 0.5) is 5.69 Å². The van der Waals surface area contributed by atoms with Gasteiger partial charge in [0.25, 0.3) is 0 Å². The number of fused-ring (bicyclic) bond motifs is 1. The Hall–Kier alpha value is -1.34. The van der Waals surface area contributed by atoms with Gasteiger partial charge in [0, 0.05) is 15.3 Å². The lowest BCUT2D eigenvalue weighted by Crippen LogP contribution is -2.14. The highest BCUT2D eigenvalue weighted by Gasteiger charge is 2.15. The first kappa shape index (κ1) is 18.5. The second-order valence-corrected chi connectivity index (χ2v) is 8.51. The van der Waals surface area contributed by atoms with Crippen molar-refractivity contribution in [3.05, 3.63) is 44.5 Å². The summed E-state index contributed by atoms with van der Waals surface area (Å²) in [5.41, 5.74) is 1.67. The van der Waals surface area contributed by atoms with Crippen molar-refractivity contribution < 1.29 is 4.79 Å². The third kappa shape index (κ3) is 4.08. The number of carbonyl (C=O) groups excluding carboxylic acids is 1. The smallest absolute Gasteiger partial charge is 0.234 e. The zero-order valence-corrected chi connectivity index (χ0v) is 17.0. The third-order valence-electron chi connectivity index (χ3n) is 3.65. The molecule has 0 aliphatic rings. The minimum absolute atomic E-state index is 0.164. The van der Waals surface area contributed by atoms with Gasteiger partial charge in [0.05, 0.1) is 16.5 Å². The van der Waals surface area contributed by atoms with Crippen LogP contribution in [0.3, 0.4) is 0 Å². The zero-order valence-electron chi connectivity index (χ0n) is 13.8. The number of halogens is 2. The van der Waals surface area contributed by atoms with E-state index in [2.05, 4.69) is 29.1 Å². The molecule has 3 aromatic rings. The first-order chi connectivity index (χ1) is 11.8. The Morgan fingerprint density at radius 2 is 2.00 bits per heavy atom. The number of thioether (sulfide) groups is 1. The number of hydrogen-bond acceptors (Lipinski definition) is 5.